The summed E-state index contributed by atoms with van der Waals surface area (Å²) in [4.78, 5) is 29.4. The molecule has 2 aromatic rings. The van der Waals surface area contributed by atoms with Gasteiger partial charge in [-0.1, -0.05) is 0 Å². The lowest BCUT2D eigenvalue weighted by atomic mass is 10.2. The van der Waals surface area contributed by atoms with Crippen LogP contribution in [0.5, 0.6) is 0 Å². The number of nitrogens with zero attached hydrogens (tertiary/aromatic N) is 2. The molecule has 3 rings (SSSR count). The molecule has 1 atom stereocenters. The molecule has 2 aromatic heterocycles. The number of ketones is 1. The van der Waals surface area contributed by atoms with Gasteiger partial charge in [0.1, 0.15) is 0 Å². The van der Waals surface area contributed by atoms with E-state index < -0.39 is 0 Å². The second-order valence-electron chi connectivity index (χ2n) is 6.66. The molecule has 1 aliphatic rings. The summed E-state index contributed by atoms with van der Waals surface area (Å²) in [7, 11) is 3.71. The standard InChI is InChI=1S/C21H25N3O4/c1-23-14-5-6-18(23)19(25)12-10-16-8-9-17(24(16)2)11-13-20(26)22-28-21-7-3-4-15-27-21/h5-6,8-14,21H,3-4,7,15H2,1-2H3,(H,22,26)/b12-10+,13-11+. The Labute approximate surface area is 164 Å². The fourth-order valence-electron chi connectivity index (χ4n) is 2.96. The molecule has 1 saturated heterocycles. The molecule has 7 nitrogen and oxygen atoms in total. The van der Waals surface area contributed by atoms with Crippen LogP contribution < -0.4 is 5.48 Å². The Morgan fingerprint density at radius 2 is 1.89 bits per heavy atom. The Morgan fingerprint density at radius 1 is 1.14 bits per heavy atom. The van der Waals surface area contributed by atoms with Gasteiger partial charge < -0.3 is 13.9 Å². The molecule has 3 heterocycles. The van der Waals surface area contributed by atoms with Crippen molar-refractivity contribution < 1.29 is 19.2 Å². The Hall–Kier alpha value is -2.90. The molecule has 0 radical (unpaired) electrons. The molecule has 1 N–H and O–H groups in total. The van der Waals surface area contributed by atoms with E-state index in [9.17, 15) is 9.59 Å². The van der Waals surface area contributed by atoms with Crippen LogP contribution >= 0.6 is 0 Å². The van der Waals surface area contributed by atoms with E-state index in [1.54, 1.807) is 28.9 Å². The Bertz CT molecular complexity index is 885. The molecule has 0 aliphatic carbocycles. The normalized spacial score (nSPS) is 17.4. The number of hydrogen-bond donors (Lipinski definition) is 1. The SMILES string of the molecule is Cn1cccc1C(=O)/C=C/c1ccc(/C=C/C(=O)NOC2CCCCO2)n1C. The molecule has 1 unspecified atom stereocenters. The van der Waals surface area contributed by atoms with Crippen molar-refractivity contribution in [2.75, 3.05) is 6.61 Å². The number of hydrogen-bond acceptors (Lipinski definition) is 4. The number of carbonyl (C=O) groups excluding carboxylic acids is 2. The fourth-order valence-corrected chi connectivity index (χ4v) is 2.96. The first-order chi connectivity index (χ1) is 13.5. The highest BCUT2D eigenvalue weighted by molar-refractivity contribution is 6.05. The van der Waals surface area contributed by atoms with Crippen LogP contribution in [-0.4, -0.2) is 33.7 Å². The van der Waals surface area contributed by atoms with E-state index in [4.69, 9.17) is 9.57 Å². The van der Waals surface area contributed by atoms with Gasteiger partial charge in [-0.25, -0.2) is 10.3 Å². The Morgan fingerprint density at radius 3 is 2.54 bits per heavy atom. The van der Waals surface area contributed by atoms with E-state index in [1.807, 2.05) is 43.1 Å². The minimum absolute atomic E-state index is 0.0627. The second-order valence-corrected chi connectivity index (χ2v) is 6.66. The van der Waals surface area contributed by atoms with E-state index in [0.717, 1.165) is 30.7 Å². The number of amides is 1. The van der Waals surface area contributed by atoms with Crippen molar-refractivity contribution in [1.29, 1.82) is 0 Å². The predicted octanol–water partition coefficient (Wildman–Crippen LogP) is 2.85. The first kappa shape index (κ1) is 19.9. The van der Waals surface area contributed by atoms with Gasteiger partial charge in [0.15, 0.2) is 6.29 Å². The average molecular weight is 383 g/mol. The van der Waals surface area contributed by atoms with Crippen LogP contribution in [0.4, 0.5) is 0 Å². The monoisotopic (exact) mass is 383 g/mol. The Kier molecular flexibility index (Phi) is 6.62. The topological polar surface area (TPSA) is 74.5 Å². The summed E-state index contributed by atoms with van der Waals surface area (Å²) in [5, 5.41) is 0. The van der Waals surface area contributed by atoms with Crippen molar-refractivity contribution in [3.05, 3.63) is 59.7 Å². The van der Waals surface area contributed by atoms with Crippen molar-refractivity contribution >= 4 is 23.8 Å². The summed E-state index contributed by atoms with van der Waals surface area (Å²) < 4.78 is 9.07. The van der Waals surface area contributed by atoms with Gasteiger partial charge in [0.2, 0.25) is 5.78 Å². The predicted molar refractivity (Wildman–Crippen MR) is 106 cm³/mol. The van der Waals surface area contributed by atoms with Gasteiger partial charge in [0.05, 0.1) is 5.69 Å². The van der Waals surface area contributed by atoms with Gasteiger partial charge >= 0.3 is 0 Å². The van der Waals surface area contributed by atoms with Crippen molar-refractivity contribution in [3.8, 4) is 0 Å². The number of ether oxygens (including phenoxy) is 1. The van der Waals surface area contributed by atoms with Crippen LogP contribution in [-0.2, 0) is 28.5 Å². The molecule has 0 spiro atoms. The van der Waals surface area contributed by atoms with Gasteiger partial charge in [-0.15, -0.1) is 0 Å². The summed E-state index contributed by atoms with van der Waals surface area (Å²) in [6.07, 6.45) is 10.7. The van der Waals surface area contributed by atoms with Gasteiger partial charge in [-0.3, -0.25) is 9.59 Å². The van der Waals surface area contributed by atoms with Crippen LogP contribution in [0.15, 0.2) is 42.6 Å². The highest BCUT2D eigenvalue weighted by Gasteiger charge is 2.15. The quantitative estimate of drug-likeness (QED) is 0.453. The first-order valence-electron chi connectivity index (χ1n) is 9.29. The summed E-state index contributed by atoms with van der Waals surface area (Å²) in [6, 6.07) is 7.38. The minimum atomic E-state index is -0.375. The van der Waals surface area contributed by atoms with Crippen LogP contribution in [0.3, 0.4) is 0 Å². The molecule has 1 amide bonds. The highest BCUT2D eigenvalue weighted by Crippen LogP contribution is 2.13. The van der Waals surface area contributed by atoms with E-state index in [2.05, 4.69) is 5.48 Å². The van der Waals surface area contributed by atoms with Crippen LogP contribution in [0.2, 0.25) is 0 Å². The molecule has 0 saturated carbocycles. The third kappa shape index (κ3) is 5.09. The molecular weight excluding hydrogens is 358 g/mol. The molecule has 7 heteroatoms. The molecule has 0 bridgehead atoms. The molecule has 1 fully saturated rings. The zero-order valence-electron chi connectivity index (χ0n) is 16.1. The summed E-state index contributed by atoms with van der Waals surface area (Å²) in [6.45, 7) is 0.655. The number of aryl methyl sites for hydroxylation is 1. The Balaban J connectivity index is 1.55. The molecule has 0 aromatic carbocycles. The smallest absolute Gasteiger partial charge is 0.267 e. The van der Waals surface area contributed by atoms with Gasteiger partial charge in [-0.2, -0.15) is 0 Å². The summed E-state index contributed by atoms with van der Waals surface area (Å²) in [5.41, 5.74) is 4.70. The van der Waals surface area contributed by atoms with Gasteiger partial charge in [0.25, 0.3) is 5.91 Å². The van der Waals surface area contributed by atoms with E-state index in [1.165, 1.54) is 6.08 Å². The maximum atomic E-state index is 12.2. The number of nitrogens with one attached hydrogen (secondary N) is 1. The second kappa shape index (κ2) is 9.34. The minimum Gasteiger partial charge on any atom is -0.350 e. The van der Waals surface area contributed by atoms with Crippen molar-refractivity contribution in [1.82, 2.24) is 14.6 Å². The largest absolute Gasteiger partial charge is 0.350 e. The highest BCUT2D eigenvalue weighted by atomic mass is 16.8. The van der Waals surface area contributed by atoms with Gasteiger partial charge in [0, 0.05) is 50.8 Å². The number of rotatable bonds is 7. The molecular formula is C21H25N3O4. The lowest BCUT2D eigenvalue weighted by Gasteiger charge is -2.21. The zero-order valence-corrected chi connectivity index (χ0v) is 16.1. The van der Waals surface area contributed by atoms with Crippen LogP contribution in [0.1, 0.15) is 41.1 Å². The van der Waals surface area contributed by atoms with Crippen molar-refractivity contribution in [3.63, 3.8) is 0 Å². The lowest BCUT2D eigenvalue weighted by molar-refractivity contribution is -0.198. The third-order valence-electron chi connectivity index (χ3n) is 4.64. The third-order valence-corrected chi connectivity index (χ3v) is 4.64. The fraction of sp³-hybridized carbons (Fsp3) is 0.333. The number of carbonyl (C=O) groups is 2. The van der Waals surface area contributed by atoms with Crippen molar-refractivity contribution in [2.45, 2.75) is 25.6 Å². The number of hydroxylamine groups is 1. The van der Waals surface area contributed by atoms with Gasteiger partial charge in [-0.05, 0) is 55.3 Å². The lowest BCUT2D eigenvalue weighted by Crippen LogP contribution is -2.32. The van der Waals surface area contributed by atoms with Crippen LogP contribution in [0, 0.1) is 0 Å². The van der Waals surface area contributed by atoms with E-state index >= 15 is 0 Å². The average Bonchev–Trinajstić information content (AvgIpc) is 3.29. The van der Waals surface area contributed by atoms with E-state index in [-0.39, 0.29) is 18.0 Å². The van der Waals surface area contributed by atoms with Crippen molar-refractivity contribution in [2.24, 2.45) is 14.1 Å². The molecule has 28 heavy (non-hydrogen) atoms. The molecule has 1 aliphatic heterocycles. The number of allylic oxidation sites excluding steroid dienone is 1. The first-order valence-corrected chi connectivity index (χ1v) is 9.29. The van der Waals surface area contributed by atoms with E-state index in [0.29, 0.717) is 12.3 Å². The van der Waals surface area contributed by atoms with Crippen LogP contribution in [0.25, 0.3) is 12.2 Å². The number of aromatic nitrogens is 2. The maximum Gasteiger partial charge on any atom is 0.267 e. The zero-order chi connectivity index (χ0) is 19.9. The maximum absolute atomic E-state index is 12.2. The summed E-state index contributed by atoms with van der Waals surface area (Å²) in [5.74, 6) is -0.418. The summed E-state index contributed by atoms with van der Waals surface area (Å²) >= 11 is 0. The molecule has 148 valence electrons.